The van der Waals surface area contributed by atoms with Crippen LogP contribution in [0.5, 0.6) is 0 Å². The van der Waals surface area contributed by atoms with Crippen LogP contribution in [0.3, 0.4) is 0 Å². The SMILES string of the molecule is Cc1cc(S(=O)(=O)NC2CC2C)ccc1C#CCCO. The van der Waals surface area contributed by atoms with Gasteiger partial charge in [0.1, 0.15) is 0 Å². The molecule has 0 aromatic heterocycles. The van der Waals surface area contributed by atoms with E-state index in [1.54, 1.807) is 18.2 Å². The highest BCUT2D eigenvalue weighted by molar-refractivity contribution is 7.89. The lowest BCUT2D eigenvalue weighted by Gasteiger charge is -2.07. The van der Waals surface area contributed by atoms with Crippen molar-refractivity contribution in [3.05, 3.63) is 29.3 Å². The van der Waals surface area contributed by atoms with Crippen molar-refractivity contribution < 1.29 is 13.5 Å². The number of aliphatic hydroxyl groups excluding tert-OH is 1. The molecule has 2 N–H and O–H groups in total. The van der Waals surface area contributed by atoms with Crippen molar-refractivity contribution in [3.8, 4) is 11.8 Å². The van der Waals surface area contributed by atoms with Crippen LogP contribution in [-0.4, -0.2) is 26.2 Å². The Bertz CT molecular complexity index is 655. The normalized spacial score (nSPS) is 21.1. The van der Waals surface area contributed by atoms with Crippen LogP contribution in [0, 0.1) is 24.7 Å². The van der Waals surface area contributed by atoms with Gasteiger partial charge >= 0.3 is 0 Å². The van der Waals surface area contributed by atoms with E-state index in [0.29, 0.717) is 12.3 Å². The Morgan fingerprint density at radius 2 is 2.15 bits per heavy atom. The third-order valence-corrected chi connectivity index (χ3v) is 4.87. The Labute approximate surface area is 120 Å². The fraction of sp³-hybridized carbons (Fsp3) is 0.467. The molecule has 2 unspecified atom stereocenters. The first-order chi connectivity index (χ1) is 9.44. The number of sulfonamides is 1. The molecule has 1 aliphatic carbocycles. The molecule has 108 valence electrons. The van der Waals surface area contributed by atoms with Gasteiger partial charge in [-0.25, -0.2) is 13.1 Å². The number of rotatable bonds is 4. The third-order valence-electron chi connectivity index (χ3n) is 3.38. The van der Waals surface area contributed by atoms with Gasteiger partial charge in [-0.3, -0.25) is 0 Å². The molecule has 1 aromatic carbocycles. The molecule has 0 bridgehead atoms. The second-order valence-electron chi connectivity index (χ2n) is 5.19. The van der Waals surface area contributed by atoms with E-state index >= 15 is 0 Å². The Morgan fingerprint density at radius 1 is 1.45 bits per heavy atom. The Morgan fingerprint density at radius 3 is 2.70 bits per heavy atom. The average Bonchev–Trinajstić information content (AvgIpc) is 3.06. The summed E-state index contributed by atoms with van der Waals surface area (Å²) in [7, 11) is -3.43. The van der Waals surface area contributed by atoms with E-state index in [0.717, 1.165) is 17.5 Å². The fourth-order valence-electron chi connectivity index (χ4n) is 1.91. The van der Waals surface area contributed by atoms with Crippen LogP contribution >= 0.6 is 0 Å². The summed E-state index contributed by atoms with van der Waals surface area (Å²) in [6.45, 7) is 3.89. The zero-order chi connectivity index (χ0) is 14.8. The molecule has 1 aliphatic rings. The number of hydrogen-bond acceptors (Lipinski definition) is 3. The summed E-state index contributed by atoms with van der Waals surface area (Å²) >= 11 is 0. The molecule has 0 radical (unpaired) electrons. The quantitative estimate of drug-likeness (QED) is 0.825. The topological polar surface area (TPSA) is 66.4 Å². The molecular weight excluding hydrogens is 274 g/mol. The minimum absolute atomic E-state index is 0.0298. The van der Waals surface area contributed by atoms with E-state index in [-0.39, 0.29) is 17.5 Å². The van der Waals surface area contributed by atoms with Crippen LogP contribution < -0.4 is 4.72 Å². The Kier molecular flexibility index (Phi) is 4.48. The molecule has 2 rings (SSSR count). The van der Waals surface area contributed by atoms with Crippen LogP contribution in [0.25, 0.3) is 0 Å². The molecule has 0 saturated heterocycles. The summed E-state index contributed by atoms with van der Waals surface area (Å²) in [6.07, 6.45) is 1.32. The maximum absolute atomic E-state index is 12.2. The summed E-state index contributed by atoms with van der Waals surface area (Å²) in [5.74, 6) is 6.19. The van der Waals surface area contributed by atoms with Gasteiger partial charge in [-0.05, 0) is 43.0 Å². The zero-order valence-corrected chi connectivity index (χ0v) is 12.5. The highest BCUT2D eigenvalue weighted by atomic mass is 32.2. The molecule has 1 aromatic rings. The summed E-state index contributed by atoms with van der Waals surface area (Å²) in [5.41, 5.74) is 1.61. The summed E-state index contributed by atoms with van der Waals surface area (Å²) in [5, 5.41) is 8.69. The molecule has 5 heteroatoms. The van der Waals surface area contributed by atoms with E-state index in [1.165, 1.54) is 0 Å². The van der Waals surface area contributed by atoms with Crippen LogP contribution in [0.2, 0.25) is 0 Å². The van der Waals surface area contributed by atoms with Crippen LogP contribution in [0.4, 0.5) is 0 Å². The fourth-order valence-corrected chi connectivity index (χ4v) is 3.35. The first kappa shape index (κ1) is 15.0. The van der Waals surface area contributed by atoms with Crippen LogP contribution in [-0.2, 0) is 10.0 Å². The lowest BCUT2D eigenvalue weighted by atomic mass is 10.1. The molecule has 0 heterocycles. The molecule has 4 nitrogen and oxygen atoms in total. The van der Waals surface area contributed by atoms with Crippen molar-refractivity contribution in [1.29, 1.82) is 0 Å². The second kappa shape index (κ2) is 5.96. The summed E-state index contributed by atoms with van der Waals surface area (Å²) in [6, 6.07) is 5.00. The zero-order valence-electron chi connectivity index (χ0n) is 11.7. The van der Waals surface area contributed by atoms with Gasteiger partial charge in [0.25, 0.3) is 0 Å². The smallest absolute Gasteiger partial charge is 0.240 e. The Balaban J connectivity index is 2.18. The number of aliphatic hydroxyl groups is 1. The van der Waals surface area contributed by atoms with Gasteiger partial charge < -0.3 is 5.11 Å². The van der Waals surface area contributed by atoms with E-state index in [4.69, 9.17) is 5.11 Å². The lowest BCUT2D eigenvalue weighted by molar-refractivity contribution is 0.305. The van der Waals surface area contributed by atoms with E-state index in [1.807, 2.05) is 13.8 Å². The van der Waals surface area contributed by atoms with E-state index < -0.39 is 10.0 Å². The van der Waals surface area contributed by atoms with Gasteiger partial charge in [0.2, 0.25) is 10.0 Å². The third kappa shape index (κ3) is 3.60. The van der Waals surface area contributed by atoms with Gasteiger partial charge in [-0.2, -0.15) is 0 Å². The molecular formula is C15H19NO3S. The highest BCUT2D eigenvalue weighted by Crippen LogP contribution is 2.30. The van der Waals surface area contributed by atoms with Gasteiger partial charge in [0, 0.05) is 18.0 Å². The molecule has 0 spiro atoms. The first-order valence-corrected chi connectivity index (χ1v) is 8.15. The highest BCUT2D eigenvalue weighted by Gasteiger charge is 2.36. The van der Waals surface area contributed by atoms with Gasteiger partial charge in [-0.1, -0.05) is 18.8 Å². The number of aryl methyl sites for hydroxylation is 1. The van der Waals surface area contributed by atoms with Crippen molar-refractivity contribution in [2.45, 2.75) is 37.6 Å². The largest absolute Gasteiger partial charge is 0.395 e. The standard InChI is InChI=1S/C15H19NO3S/c1-11-9-14(7-6-13(11)5-3-4-8-17)20(18,19)16-15-10-12(15)2/h6-7,9,12,15-17H,4,8,10H2,1-2H3. The van der Waals surface area contributed by atoms with Gasteiger partial charge in [0.05, 0.1) is 11.5 Å². The predicted octanol–water partition coefficient (Wildman–Crippen LogP) is 1.42. The summed E-state index contributed by atoms with van der Waals surface area (Å²) in [4.78, 5) is 0.279. The molecule has 2 atom stereocenters. The first-order valence-electron chi connectivity index (χ1n) is 6.67. The number of nitrogens with one attached hydrogen (secondary N) is 1. The van der Waals surface area contributed by atoms with E-state index in [2.05, 4.69) is 16.6 Å². The summed E-state index contributed by atoms with van der Waals surface area (Å²) < 4.78 is 27.0. The minimum atomic E-state index is -3.43. The molecule has 0 aliphatic heterocycles. The average molecular weight is 293 g/mol. The molecule has 0 amide bonds. The van der Waals surface area contributed by atoms with E-state index in [9.17, 15) is 8.42 Å². The van der Waals surface area contributed by atoms with Crippen LogP contribution in [0.15, 0.2) is 23.1 Å². The minimum Gasteiger partial charge on any atom is -0.395 e. The van der Waals surface area contributed by atoms with Crippen molar-refractivity contribution in [2.75, 3.05) is 6.61 Å². The number of hydrogen-bond donors (Lipinski definition) is 2. The second-order valence-corrected chi connectivity index (χ2v) is 6.91. The van der Waals surface area contributed by atoms with Crippen molar-refractivity contribution in [3.63, 3.8) is 0 Å². The monoisotopic (exact) mass is 293 g/mol. The van der Waals surface area contributed by atoms with Gasteiger partial charge in [-0.15, -0.1) is 0 Å². The van der Waals surface area contributed by atoms with Crippen molar-refractivity contribution in [2.24, 2.45) is 5.92 Å². The molecule has 1 fully saturated rings. The maximum Gasteiger partial charge on any atom is 0.240 e. The van der Waals surface area contributed by atoms with Gasteiger partial charge in [0.15, 0.2) is 0 Å². The maximum atomic E-state index is 12.2. The lowest BCUT2D eigenvalue weighted by Crippen LogP contribution is -2.26. The Hall–Kier alpha value is -1.35. The van der Waals surface area contributed by atoms with Crippen LogP contribution in [0.1, 0.15) is 30.9 Å². The molecule has 20 heavy (non-hydrogen) atoms. The molecule has 1 saturated carbocycles. The predicted molar refractivity (Wildman–Crippen MR) is 77.7 cm³/mol. The number of benzene rings is 1. The van der Waals surface area contributed by atoms with Crippen molar-refractivity contribution in [1.82, 2.24) is 4.72 Å². The van der Waals surface area contributed by atoms with Crippen molar-refractivity contribution >= 4 is 10.0 Å².